The highest BCUT2D eigenvalue weighted by molar-refractivity contribution is 5.26. The predicted octanol–water partition coefficient (Wildman–Crippen LogP) is 1.86. The number of nitrogens with zero attached hydrogens (tertiary/aromatic N) is 1. The number of aliphatic hydroxyl groups excluding tert-OH is 1. The third-order valence-corrected chi connectivity index (χ3v) is 1.84. The van der Waals surface area contributed by atoms with Crippen molar-refractivity contribution in [1.82, 2.24) is 4.98 Å². The van der Waals surface area contributed by atoms with E-state index < -0.39 is 19.0 Å². The van der Waals surface area contributed by atoms with E-state index in [1.165, 1.54) is 18.5 Å². The molecule has 0 amide bonds. The zero-order valence-electron chi connectivity index (χ0n) is 7.30. The van der Waals surface area contributed by atoms with Crippen LogP contribution in [0.1, 0.15) is 17.5 Å². The molecule has 0 radical (unpaired) electrons. The summed E-state index contributed by atoms with van der Waals surface area (Å²) in [4.78, 5) is 3.72. The van der Waals surface area contributed by atoms with Crippen LogP contribution in [0.3, 0.4) is 0 Å². The molecule has 1 rings (SSSR count). The minimum Gasteiger partial charge on any atom is -0.396 e. The average molecular weight is 187 g/mol. The van der Waals surface area contributed by atoms with E-state index in [0.717, 1.165) is 0 Å². The molecule has 0 saturated carbocycles. The quantitative estimate of drug-likeness (QED) is 0.783. The lowest BCUT2D eigenvalue weighted by Gasteiger charge is -2.16. The number of alkyl halides is 2. The van der Waals surface area contributed by atoms with E-state index >= 15 is 0 Å². The summed E-state index contributed by atoms with van der Waals surface area (Å²) in [6.45, 7) is 1.06. The van der Waals surface area contributed by atoms with Crippen LogP contribution < -0.4 is 0 Å². The third-order valence-electron chi connectivity index (χ3n) is 1.84. The van der Waals surface area contributed by atoms with Crippen molar-refractivity contribution in [1.29, 1.82) is 0 Å². The van der Waals surface area contributed by atoms with Gasteiger partial charge in [0.25, 0.3) is 5.92 Å². The Morgan fingerprint density at radius 3 is 2.77 bits per heavy atom. The van der Waals surface area contributed by atoms with E-state index in [-0.39, 0.29) is 5.56 Å². The molecule has 13 heavy (non-hydrogen) atoms. The summed E-state index contributed by atoms with van der Waals surface area (Å²) in [6, 6.07) is 1.28. The summed E-state index contributed by atoms with van der Waals surface area (Å²) in [7, 11) is 0. The molecular weight excluding hydrogens is 176 g/mol. The number of aromatic nitrogens is 1. The number of rotatable bonds is 3. The Bertz CT molecular complexity index is 289. The van der Waals surface area contributed by atoms with Gasteiger partial charge in [0, 0.05) is 31.0 Å². The van der Waals surface area contributed by atoms with Crippen molar-refractivity contribution in [3.05, 3.63) is 29.6 Å². The standard InChI is InChI=1S/C9H11F2NO/c1-7-6-12-4-2-8(7)9(10,11)3-5-13/h2,4,6,13H,3,5H2,1H3. The smallest absolute Gasteiger partial charge is 0.275 e. The van der Waals surface area contributed by atoms with Gasteiger partial charge in [-0.05, 0) is 18.6 Å². The number of halogens is 2. The number of hydrogen-bond donors (Lipinski definition) is 1. The van der Waals surface area contributed by atoms with Crippen LogP contribution in [-0.2, 0) is 5.92 Å². The minimum atomic E-state index is -2.96. The molecule has 1 heterocycles. The highest BCUT2D eigenvalue weighted by atomic mass is 19.3. The maximum absolute atomic E-state index is 13.2. The fraction of sp³-hybridized carbons (Fsp3) is 0.444. The minimum absolute atomic E-state index is 0.0587. The van der Waals surface area contributed by atoms with Crippen molar-refractivity contribution in [3.8, 4) is 0 Å². The first-order valence-electron chi connectivity index (χ1n) is 3.97. The molecule has 1 N–H and O–H groups in total. The highest BCUT2D eigenvalue weighted by Crippen LogP contribution is 2.32. The maximum atomic E-state index is 13.2. The van der Waals surface area contributed by atoms with Crippen LogP contribution in [0.2, 0.25) is 0 Å². The monoisotopic (exact) mass is 187 g/mol. The molecule has 1 aromatic rings. The van der Waals surface area contributed by atoms with Crippen LogP contribution >= 0.6 is 0 Å². The molecule has 0 unspecified atom stereocenters. The molecule has 0 aliphatic rings. The largest absolute Gasteiger partial charge is 0.396 e. The normalized spacial score (nSPS) is 11.7. The Morgan fingerprint density at radius 2 is 2.23 bits per heavy atom. The van der Waals surface area contributed by atoms with E-state index in [2.05, 4.69) is 4.98 Å². The Hall–Kier alpha value is -1.03. The van der Waals surface area contributed by atoms with Crippen LogP contribution in [0, 0.1) is 6.92 Å². The second-order valence-corrected chi connectivity index (χ2v) is 2.87. The lowest BCUT2D eigenvalue weighted by molar-refractivity contribution is -0.0275. The maximum Gasteiger partial charge on any atom is 0.275 e. The van der Waals surface area contributed by atoms with Gasteiger partial charge in [0.2, 0.25) is 0 Å². The molecule has 0 aromatic carbocycles. The van der Waals surface area contributed by atoms with Crippen LogP contribution in [0.15, 0.2) is 18.5 Å². The van der Waals surface area contributed by atoms with Gasteiger partial charge in [0.15, 0.2) is 0 Å². The van der Waals surface area contributed by atoms with Gasteiger partial charge in [-0.25, -0.2) is 8.78 Å². The first kappa shape index (κ1) is 10.1. The summed E-state index contributed by atoms with van der Waals surface area (Å²) in [6.07, 6.45) is 2.17. The Morgan fingerprint density at radius 1 is 1.54 bits per heavy atom. The van der Waals surface area contributed by atoms with Gasteiger partial charge in [-0.3, -0.25) is 4.98 Å². The number of hydrogen-bond acceptors (Lipinski definition) is 2. The molecule has 72 valence electrons. The van der Waals surface area contributed by atoms with Gasteiger partial charge in [0.05, 0.1) is 0 Å². The Balaban J connectivity index is 2.99. The second-order valence-electron chi connectivity index (χ2n) is 2.87. The summed E-state index contributed by atoms with van der Waals surface area (Å²) in [5.41, 5.74) is 0.387. The molecular formula is C9H11F2NO. The van der Waals surface area contributed by atoms with Crippen LogP contribution in [-0.4, -0.2) is 16.7 Å². The van der Waals surface area contributed by atoms with Crippen molar-refractivity contribution in [2.75, 3.05) is 6.61 Å². The molecule has 0 atom stereocenters. The molecule has 2 nitrogen and oxygen atoms in total. The lowest BCUT2D eigenvalue weighted by Crippen LogP contribution is -2.16. The fourth-order valence-electron chi connectivity index (χ4n) is 1.16. The molecule has 0 saturated heterocycles. The van der Waals surface area contributed by atoms with E-state index in [9.17, 15) is 8.78 Å². The molecule has 4 heteroatoms. The van der Waals surface area contributed by atoms with Crippen LogP contribution in [0.5, 0.6) is 0 Å². The first-order valence-corrected chi connectivity index (χ1v) is 3.97. The molecule has 0 aliphatic carbocycles. The Kier molecular flexibility index (Phi) is 2.93. The summed E-state index contributed by atoms with van der Waals surface area (Å²) in [5.74, 6) is -2.96. The van der Waals surface area contributed by atoms with Gasteiger partial charge >= 0.3 is 0 Å². The average Bonchev–Trinajstić information content (AvgIpc) is 2.04. The predicted molar refractivity (Wildman–Crippen MR) is 44.6 cm³/mol. The van der Waals surface area contributed by atoms with E-state index in [1.807, 2.05) is 0 Å². The van der Waals surface area contributed by atoms with Gasteiger partial charge in [-0.1, -0.05) is 0 Å². The van der Waals surface area contributed by atoms with Crippen molar-refractivity contribution in [3.63, 3.8) is 0 Å². The van der Waals surface area contributed by atoms with Gasteiger partial charge in [0.1, 0.15) is 0 Å². The Labute approximate surface area is 75.2 Å². The molecule has 0 fully saturated rings. The van der Waals surface area contributed by atoms with Gasteiger partial charge < -0.3 is 5.11 Å². The number of aliphatic hydroxyl groups is 1. The molecule has 0 aliphatic heterocycles. The second kappa shape index (κ2) is 3.79. The van der Waals surface area contributed by atoms with E-state index in [4.69, 9.17) is 5.11 Å². The zero-order chi connectivity index (χ0) is 9.90. The zero-order valence-corrected chi connectivity index (χ0v) is 7.30. The summed E-state index contributed by atoms with van der Waals surface area (Å²) >= 11 is 0. The van der Waals surface area contributed by atoms with Crippen molar-refractivity contribution >= 4 is 0 Å². The fourth-order valence-corrected chi connectivity index (χ4v) is 1.16. The summed E-state index contributed by atoms with van der Waals surface area (Å²) < 4.78 is 26.5. The van der Waals surface area contributed by atoms with Gasteiger partial charge in [-0.15, -0.1) is 0 Å². The molecule has 0 bridgehead atoms. The number of pyridine rings is 1. The third kappa shape index (κ3) is 2.21. The SMILES string of the molecule is Cc1cnccc1C(F)(F)CCO. The van der Waals surface area contributed by atoms with E-state index in [0.29, 0.717) is 5.56 Å². The molecule has 0 spiro atoms. The van der Waals surface area contributed by atoms with Crippen molar-refractivity contribution in [2.24, 2.45) is 0 Å². The lowest BCUT2D eigenvalue weighted by atomic mass is 10.0. The van der Waals surface area contributed by atoms with Crippen LogP contribution in [0.25, 0.3) is 0 Å². The topological polar surface area (TPSA) is 33.1 Å². The first-order chi connectivity index (χ1) is 6.08. The highest BCUT2D eigenvalue weighted by Gasteiger charge is 2.31. The number of aryl methyl sites for hydroxylation is 1. The summed E-state index contributed by atoms with van der Waals surface area (Å²) in [5, 5.41) is 8.46. The van der Waals surface area contributed by atoms with Gasteiger partial charge in [-0.2, -0.15) is 0 Å². The van der Waals surface area contributed by atoms with Crippen molar-refractivity contribution in [2.45, 2.75) is 19.3 Å². The van der Waals surface area contributed by atoms with E-state index in [1.54, 1.807) is 6.92 Å². The van der Waals surface area contributed by atoms with Crippen LogP contribution in [0.4, 0.5) is 8.78 Å². The van der Waals surface area contributed by atoms with Crippen molar-refractivity contribution < 1.29 is 13.9 Å². The molecule has 1 aromatic heterocycles.